The van der Waals surface area contributed by atoms with Crippen LogP contribution in [-0.4, -0.2) is 17.4 Å². The maximum absolute atomic E-state index is 12.8. The summed E-state index contributed by atoms with van der Waals surface area (Å²) in [6, 6.07) is 6.47. The zero-order valence-corrected chi connectivity index (χ0v) is 14.3. The molecular weight excluding hydrogens is 319 g/mol. The number of thioether (sulfide) groups is 1. The lowest BCUT2D eigenvalue weighted by Crippen LogP contribution is -2.28. The van der Waals surface area contributed by atoms with Gasteiger partial charge in [0.05, 0.1) is 12.1 Å². The molecule has 0 saturated carbocycles. The summed E-state index contributed by atoms with van der Waals surface area (Å²) in [6.45, 7) is 4.82. The molecule has 22 heavy (non-hydrogen) atoms. The number of nitrogens with zero attached hydrogens (tertiary/aromatic N) is 1. The minimum absolute atomic E-state index is 0.00841. The van der Waals surface area contributed by atoms with Crippen LogP contribution < -0.4 is 5.32 Å². The SMILES string of the molecule is CC(C)CNC(=O)Cc1csc(SCc2ccc(F)cc2)n1. The minimum atomic E-state index is -0.224. The average molecular weight is 338 g/mol. The van der Waals surface area contributed by atoms with Gasteiger partial charge in [0.25, 0.3) is 0 Å². The molecule has 2 aromatic rings. The predicted molar refractivity (Wildman–Crippen MR) is 89.6 cm³/mol. The van der Waals surface area contributed by atoms with Crippen LogP contribution >= 0.6 is 23.1 Å². The number of rotatable bonds is 7. The third-order valence-corrected chi connectivity index (χ3v) is 5.00. The molecule has 0 aliphatic carbocycles. The molecule has 2 rings (SSSR count). The monoisotopic (exact) mass is 338 g/mol. The highest BCUT2D eigenvalue weighted by Gasteiger charge is 2.08. The van der Waals surface area contributed by atoms with Crippen LogP contribution in [0.1, 0.15) is 25.1 Å². The Balaban J connectivity index is 1.81. The Hall–Kier alpha value is -1.40. The van der Waals surface area contributed by atoms with Gasteiger partial charge in [-0.25, -0.2) is 9.37 Å². The normalized spacial score (nSPS) is 10.9. The third-order valence-electron chi connectivity index (χ3n) is 2.86. The molecule has 0 bridgehead atoms. The second kappa shape index (κ2) is 8.29. The van der Waals surface area contributed by atoms with E-state index in [1.807, 2.05) is 5.38 Å². The highest BCUT2D eigenvalue weighted by Crippen LogP contribution is 2.26. The fourth-order valence-electron chi connectivity index (χ4n) is 1.71. The zero-order valence-electron chi connectivity index (χ0n) is 12.6. The van der Waals surface area contributed by atoms with E-state index in [9.17, 15) is 9.18 Å². The Kier molecular flexibility index (Phi) is 6.39. The summed E-state index contributed by atoms with van der Waals surface area (Å²) in [4.78, 5) is 16.2. The maximum Gasteiger partial charge on any atom is 0.226 e. The molecule has 1 aromatic heterocycles. The van der Waals surface area contributed by atoms with Crippen molar-refractivity contribution >= 4 is 29.0 Å². The summed E-state index contributed by atoms with van der Waals surface area (Å²) in [6.07, 6.45) is 0.320. The maximum atomic E-state index is 12.8. The van der Waals surface area contributed by atoms with Gasteiger partial charge in [-0.2, -0.15) is 0 Å². The first-order chi connectivity index (χ1) is 10.5. The molecule has 0 radical (unpaired) electrons. The van der Waals surface area contributed by atoms with Gasteiger partial charge in [0.15, 0.2) is 0 Å². The Bertz CT molecular complexity index is 611. The Labute approximate surface area is 138 Å². The van der Waals surface area contributed by atoms with E-state index in [4.69, 9.17) is 0 Å². The minimum Gasteiger partial charge on any atom is -0.356 e. The second-order valence-electron chi connectivity index (χ2n) is 5.39. The van der Waals surface area contributed by atoms with Crippen LogP contribution in [0.25, 0.3) is 0 Å². The average Bonchev–Trinajstić information content (AvgIpc) is 2.92. The fourth-order valence-corrected chi connectivity index (χ4v) is 3.51. The van der Waals surface area contributed by atoms with E-state index in [2.05, 4.69) is 24.1 Å². The Morgan fingerprint density at radius 3 is 2.77 bits per heavy atom. The summed E-state index contributed by atoms with van der Waals surface area (Å²) < 4.78 is 13.8. The number of aromatic nitrogens is 1. The van der Waals surface area contributed by atoms with E-state index in [1.54, 1.807) is 23.9 Å². The molecular formula is C16H19FN2OS2. The van der Waals surface area contributed by atoms with E-state index in [0.717, 1.165) is 21.3 Å². The lowest BCUT2D eigenvalue weighted by Gasteiger charge is -2.06. The largest absolute Gasteiger partial charge is 0.356 e. The fraction of sp³-hybridized carbons (Fsp3) is 0.375. The molecule has 6 heteroatoms. The van der Waals surface area contributed by atoms with Gasteiger partial charge in [-0.3, -0.25) is 4.79 Å². The number of hydrogen-bond donors (Lipinski definition) is 1. The van der Waals surface area contributed by atoms with E-state index < -0.39 is 0 Å². The molecule has 1 aromatic carbocycles. The van der Waals surface area contributed by atoms with Crippen molar-refractivity contribution in [3.63, 3.8) is 0 Å². The van der Waals surface area contributed by atoms with E-state index in [0.29, 0.717) is 18.9 Å². The van der Waals surface area contributed by atoms with Gasteiger partial charge in [-0.05, 0) is 23.6 Å². The molecule has 0 unspecified atom stereocenters. The van der Waals surface area contributed by atoms with Gasteiger partial charge in [0.2, 0.25) is 5.91 Å². The van der Waals surface area contributed by atoms with E-state index in [-0.39, 0.29) is 11.7 Å². The third kappa shape index (κ3) is 5.77. The summed E-state index contributed by atoms with van der Waals surface area (Å²) in [7, 11) is 0. The smallest absolute Gasteiger partial charge is 0.226 e. The van der Waals surface area contributed by atoms with Crippen LogP contribution in [0.5, 0.6) is 0 Å². The molecule has 0 fully saturated rings. The quantitative estimate of drug-likeness (QED) is 0.779. The van der Waals surface area contributed by atoms with Crippen LogP contribution in [0.15, 0.2) is 34.0 Å². The number of thiazole rings is 1. The molecule has 118 valence electrons. The molecule has 1 amide bonds. The number of nitrogens with one attached hydrogen (secondary N) is 1. The lowest BCUT2D eigenvalue weighted by molar-refractivity contribution is -0.120. The second-order valence-corrected chi connectivity index (χ2v) is 7.48. The van der Waals surface area contributed by atoms with Crippen molar-refractivity contribution in [3.8, 4) is 0 Å². The standard InChI is InChI=1S/C16H19FN2OS2/c1-11(2)8-18-15(20)7-14-10-22-16(19-14)21-9-12-3-5-13(17)6-4-12/h3-6,10-11H,7-9H2,1-2H3,(H,18,20). The van der Waals surface area contributed by atoms with Gasteiger partial charge in [0, 0.05) is 17.7 Å². The number of amides is 1. The van der Waals surface area contributed by atoms with Crippen molar-refractivity contribution in [2.75, 3.05) is 6.54 Å². The van der Waals surface area contributed by atoms with Crippen LogP contribution in [0, 0.1) is 11.7 Å². The lowest BCUT2D eigenvalue weighted by atomic mass is 10.2. The molecule has 0 aliphatic heterocycles. The van der Waals surface area contributed by atoms with Gasteiger partial charge >= 0.3 is 0 Å². The van der Waals surface area contributed by atoms with E-state index >= 15 is 0 Å². The van der Waals surface area contributed by atoms with Gasteiger partial charge in [-0.1, -0.05) is 37.7 Å². The number of hydrogen-bond acceptors (Lipinski definition) is 4. The van der Waals surface area contributed by atoms with Crippen molar-refractivity contribution in [1.29, 1.82) is 0 Å². The van der Waals surface area contributed by atoms with Crippen LogP contribution in [-0.2, 0) is 17.0 Å². The summed E-state index contributed by atoms with van der Waals surface area (Å²) in [5, 5.41) is 4.80. The molecule has 3 nitrogen and oxygen atoms in total. The van der Waals surface area contributed by atoms with Crippen molar-refractivity contribution < 1.29 is 9.18 Å². The van der Waals surface area contributed by atoms with Gasteiger partial charge < -0.3 is 5.32 Å². The van der Waals surface area contributed by atoms with Crippen LogP contribution in [0.3, 0.4) is 0 Å². The summed E-state index contributed by atoms with van der Waals surface area (Å²) in [5.74, 6) is 0.972. The van der Waals surface area contributed by atoms with Gasteiger partial charge in [0.1, 0.15) is 10.2 Å². The van der Waals surface area contributed by atoms with Crippen molar-refractivity contribution in [2.24, 2.45) is 5.92 Å². The molecule has 0 atom stereocenters. The molecule has 0 aliphatic rings. The van der Waals surface area contributed by atoms with Crippen molar-refractivity contribution in [1.82, 2.24) is 10.3 Å². The summed E-state index contributed by atoms with van der Waals surface area (Å²) in [5.41, 5.74) is 1.85. The van der Waals surface area contributed by atoms with Crippen molar-refractivity contribution in [2.45, 2.75) is 30.4 Å². The number of carbonyl (C=O) groups is 1. The Morgan fingerprint density at radius 2 is 2.09 bits per heavy atom. The summed E-state index contributed by atoms with van der Waals surface area (Å²) >= 11 is 3.13. The van der Waals surface area contributed by atoms with Crippen molar-refractivity contribution in [3.05, 3.63) is 46.7 Å². The topological polar surface area (TPSA) is 42.0 Å². The predicted octanol–water partition coefficient (Wildman–Crippen LogP) is 3.89. The molecule has 1 heterocycles. The first-order valence-corrected chi connectivity index (χ1v) is 8.98. The first kappa shape index (κ1) is 17.0. The first-order valence-electron chi connectivity index (χ1n) is 7.11. The van der Waals surface area contributed by atoms with Gasteiger partial charge in [-0.15, -0.1) is 11.3 Å². The Morgan fingerprint density at radius 1 is 1.36 bits per heavy atom. The highest BCUT2D eigenvalue weighted by atomic mass is 32.2. The zero-order chi connectivity index (χ0) is 15.9. The van der Waals surface area contributed by atoms with E-state index in [1.165, 1.54) is 23.5 Å². The number of halogens is 1. The molecule has 1 N–H and O–H groups in total. The number of benzene rings is 1. The number of carbonyl (C=O) groups excluding carboxylic acids is 1. The molecule has 0 spiro atoms. The van der Waals surface area contributed by atoms with Crippen LogP contribution in [0.4, 0.5) is 4.39 Å². The highest BCUT2D eigenvalue weighted by molar-refractivity contribution is 8.00. The van der Waals surface area contributed by atoms with Crippen LogP contribution in [0.2, 0.25) is 0 Å². The molecule has 0 saturated heterocycles.